The van der Waals surface area contributed by atoms with Crippen LogP contribution < -0.4 is 5.32 Å². The Morgan fingerprint density at radius 1 is 1.37 bits per heavy atom. The zero-order valence-corrected chi connectivity index (χ0v) is 13.4. The van der Waals surface area contributed by atoms with Gasteiger partial charge in [-0.3, -0.25) is 4.90 Å². The number of nitrogens with zero attached hydrogens (tertiary/aromatic N) is 1. The molecule has 3 nitrogen and oxygen atoms in total. The normalized spacial score (nSPS) is 37.4. The van der Waals surface area contributed by atoms with Crippen molar-refractivity contribution in [2.45, 2.75) is 77.7 Å². The van der Waals surface area contributed by atoms with Crippen molar-refractivity contribution in [3.63, 3.8) is 0 Å². The summed E-state index contributed by atoms with van der Waals surface area (Å²) < 4.78 is 6.02. The van der Waals surface area contributed by atoms with E-state index in [1.54, 1.807) is 0 Å². The van der Waals surface area contributed by atoms with E-state index in [4.69, 9.17) is 4.74 Å². The SMILES string of the molecule is CCC(C)C1CN(CC2CCC(C)O2)C(C)(C)CN1. The Bertz CT molecular complexity index is 290. The second-order valence-electron chi connectivity index (χ2n) is 7.24. The van der Waals surface area contributed by atoms with Crippen LogP contribution in [0, 0.1) is 5.92 Å². The van der Waals surface area contributed by atoms with Gasteiger partial charge in [0.1, 0.15) is 0 Å². The van der Waals surface area contributed by atoms with Crippen LogP contribution in [0.5, 0.6) is 0 Å². The first-order valence-electron chi connectivity index (χ1n) is 8.06. The molecule has 2 aliphatic rings. The topological polar surface area (TPSA) is 24.5 Å². The van der Waals surface area contributed by atoms with Crippen molar-refractivity contribution >= 4 is 0 Å². The van der Waals surface area contributed by atoms with Crippen molar-refractivity contribution in [3.8, 4) is 0 Å². The van der Waals surface area contributed by atoms with Crippen LogP contribution in [0.4, 0.5) is 0 Å². The monoisotopic (exact) mass is 268 g/mol. The highest BCUT2D eigenvalue weighted by atomic mass is 16.5. The lowest BCUT2D eigenvalue weighted by Crippen LogP contribution is -2.64. The van der Waals surface area contributed by atoms with Crippen molar-refractivity contribution in [1.82, 2.24) is 10.2 Å². The van der Waals surface area contributed by atoms with E-state index in [0.717, 1.165) is 25.6 Å². The maximum atomic E-state index is 6.02. The summed E-state index contributed by atoms with van der Waals surface area (Å²) in [6.45, 7) is 14.9. The first kappa shape index (κ1) is 15.3. The van der Waals surface area contributed by atoms with E-state index in [1.807, 2.05) is 0 Å². The Hall–Kier alpha value is -0.120. The van der Waals surface area contributed by atoms with E-state index in [2.05, 4.69) is 44.8 Å². The van der Waals surface area contributed by atoms with Crippen molar-refractivity contribution in [2.75, 3.05) is 19.6 Å². The largest absolute Gasteiger partial charge is 0.374 e. The molecule has 19 heavy (non-hydrogen) atoms. The van der Waals surface area contributed by atoms with Gasteiger partial charge in [-0.2, -0.15) is 0 Å². The highest BCUT2D eigenvalue weighted by Gasteiger charge is 2.37. The molecule has 112 valence electrons. The lowest BCUT2D eigenvalue weighted by Gasteiger charge is -2.48. The standard InChI is InChI=1S/C16H32N2O/c1-6-12(2)15-10-18(16(4,5)11-17-15)9-14-8-7-13(3)19-14/h12-15,17H,6-11H2,1-5H3. The molecule has 2 saturated heterocycles. The van der Waals surface area contributed by atoms with Gasteiger partial charge in [0.2, 0.25) is 0 Å². The molecule has 0 spiro atoms. The molecule has 3 heteroatoms. The third-order valence-electron chi connectivity index (χ3n) is 5.14. The number of hydrogen-bond acceptors (Lipinski definition) is 3. The average Bonchev–Trinajstić information content (AvgIpc) is 2.76. The summed E-state index contributed by atoms with van der Waals surface area (Å²) in [5, 5.41) is 3.74. The minimum Gasteiger partial charge on any atom is -0.374 e. The van der Waals surface area contributed by atoms with E-state index in [1.165, 1.54) is 19.3 Å². The molecule has 4 unspecified atom stereocenters. The molecule has 0 bridgehead atoms. The predicted molar refractivity (Wildman–Crippen MR) is 80.5 cm³/mol. The molecule has 0 radical (unpaired) electrons. The summed E-state index contributed by atoms with van der Waals surface area (Å²) >= 11 is 0. The van der Waals surface area contributed by atoms with E-state index in [-0.39, 0.29) is 5.54 Å². The Balaban J connectivity index is 1.94. The number of nitrogens with one attached hydrogen (secondary N) is 1. The van der Waals surface area contributed by atoms with Crippen LogP contribution in [0.15, 0.2) is 0 Å². The maximum absolute atomic E-state index is 6.02. The summed E-state index contributed by atoms with van der Waals surface area (Å²) in [6.07, 6.45) is 4.62. The predicted octanol–water partition coefficient (Wildman–Crippen LogP) is 2.65. The molecule has 0 aliphatic carbocycles. The summed E-state index contributed by atoms with van der Waals surface area (Å²) in [5.41, 5.74) is 0.249. The first-order chi connectivity index (χ1) is 8.92. The fraction of sp³-hybridized carbons (Fsp3) is 1.00. The summed E-state index contributed by atoms with van der Waals surface area (Å²) in [5.74, 6) is 0.752. The van der Waals surface area contributed by atoms with Crippen LogP contribution in [0.1, 0.15) is 53.9 Å². The number of rotatable bonds is 4. The lowest BCUT2D eigenvalue weighted by molar-refractivity contribution is -0.0161. The van der Waals surface area contributed by atoms with Gasteiger partial charge in [0.05, 0.1) is 12.2 Å². The first-order valence-corrected chi connectivity index (χ1v) is 8.06. The highest BCUT2D eigenvalue weighted by molar-refractivity contribution is 4.95. The molecule has 2 heterocycles. The van der Waals surface area contributed by atoms with Gasteiger partial charge in [-0.25, -0.2) is 0 Å². The zero-order valence-electron chi connectivity index (χ0n) is 13.4. The molecule has 4 atom stereocenters. The molecule has 1 N–H and O–H groups in total. The lowest BCUT2D eigenvalue weighted by atomic mass is 9.90. The van der Waals surface area contributed by atoms with E-state index in [0.29, 0.717) is 18.2 Å². The fourth-order valence-corrected chi connectivity index (χ4v) is 3.29. The summed E-state index contributed by atoms with van der Waals surface area (Å²) in [4.78, 5) is 2.66. The van der Waals surface area contributed by atoms with Gasteiger partial charge in [-0.15, -0.1) is 0 Å². The molecule has 2 rings (SSSR count). The fourth-order valence-electron chi connectivity index (χ4n) is 3.29. The van der Waals surface area contributed by atoms with Crippen molar-refractivity contribution in [1.29, 1.82) is 0 Å². The van der Waals surface area contributed by atoms with E-state index in [9.17, 15) is 0 Å². The Morgan fingerprint density at radius 3 is 2.68 bits per heavy atom. The summed E-state index contributed by atoms with van der Waals surface area (Å²) in [7, 11) is 0. The molecular weight excluding hydrogens is 236 g/mol. The maximum Gasteiger partial charge on any atom is 0.0706 e. The molecule has 0 saturated carbocycles. The second kappa shape index (κ2) is 6.11. The van der Waals surface area contributed by atoms with Gasteiger partial charge in [-0.05, 0) is 39.5 Å². The quantitative estimate of drug-likeness (QED) is 0.848. The third-order valence-corrected chi connectivity index (χ3v) is 5.14. The summed E-state index contributed by atoms with van der Waals surface area (Å²) in [6, 6.07) is 0.636. The van der Waals surface area contributed by atoms with Gasteiger partial charge < -0.3 is 10.1 Å². The van der Waals surface area contributed by atoms with Crippen molar-refractivity contribution in [3.05, 3.63) is 0 Å². The van der Waals surface area contributed by atoms with Gasteiger partial charge in [-0.1, -0.05) is 20.3 Å². The smallest absolute Gasteiger partial charge is 0.0706 e. The van der Waals surface area contributed by atoms with E-state index < -0.39 is 0 Å². The van der Waals surface area contributed by atoms with Crippen LogP contribution in [-0.2, 0) is 4.74 Å². The van der Waals surface area contributed by atoms with Crippen LogP contribution in [0.3, 0.4) is 0 Å². The number of hydrogen-bond donors (Lipinski definition) is 1. The van der Waals surface area contributed by atoms with Crippen molar-refractivity contribution < 1.29 is 4.74 Å². The Morgan fingerprint density at radius 2 is 2.11 bits per heavy atom. The van der Waals surface area contributed by atoms with Crippen LogP contribution in [0.25, 0.3) is 0 Å². The number of ether oxygens (including phenoxy) is 1. The van der Waals surface area contributed by atoms with Gasteiger partial charge in [0, 0.05) is 31.2 Å². The van der Waals surface area contributed by atoms with Crippen LogP contribution in [-0.4, -0.2) is 48.3 Å². The molecule has 0 aromatic rings. The minimum absolute atomic E-state index is 0.249. The molecule has 0 aromatic carbocycles. The van der Waals surface area contributed by atoms with Gasteiger partial charge in [0.15, 0.2) is 0 Å². The van der Waals surface area contributed by atoms with Gasteiger partial charge >= 0.3 is 0 Å². The highest BCUT2D eigenvalue weighted by Crippen LogP contribution is 2.26. The molecule has 2 fully saturated rings. The van der Waals surface area contributed by atoms with Crippen molar-refractivity contribution in [2.24, 2.45) is 5.92 Å². The molecule has 0 amide bonds. The molecule has 2 aliphatic heterocycles. The molecular formula is C16H32N2O. The van der Waals surface area contributed by atoms with Crippen LogP contribution >= 0.6 is 0 Å². The average molecular weight is 268 g/mol. The zero-order chi connectivity index (χ0) is 14.0. The van der Waals surface area contributed by atoms with Crippen LogP contribution in [0.2, 0.25) is 0 Å². The van der Waals surface area contributed by atoms with E-state index >= 15 is 0 Å². The third kappa shape index (κ3) is 3.71. The Labute approximate surface area is 119 Å². The number of piperazine rings is 1. The Kier molecular flexibility index (Phi) is 4.91. The second-order valence-corrected chi connectivity index (χ2v) is 7.24. The molecule has 0 aromatic heterocycles. The van der Waals surface area contributed by atoms with Gasteiger partial charge in [0.25, 0.3) is 0 Å². The minimum atomic E-state index is 0.249.